The number of aromatic nitrogens is 1. The summed E-state index contributed by atoms with van der Waals surface area (Å²) in [6.45, 7) is 1.79. The molecule has 0 spiro atoms. The van der Waals surface area contributed by atoms with Crippen molar-refractivity contribution in [2.45, 2.75) is 6.92 Å². The van der Waals surface area contributed by atoms with E-state index in [1.165, 1.54) is 0 Å². The highest BCUT2D eigenvalue weighted by molar-refractivity contribution is 6.00. The third kappa shape index (κ3) is 2.61. The van der Waals surface area contributed by atoms with Gasteiger partial charge in [0.05, 0.1) is 0 Å². The monoisotopic (exact) mass is 267 g/mol. The van der Waals surface area contributed by atoms with Crippen molar-refractivity contribution < 1.29 is 9.21 Å². The number of benzene rings is 2. The second-order valence-electron chi connectivity index (χ2n) is 4.36. The summed E-state index contributed by atoms with van der Waals surface area (Å²) in [6, 6.07) is 14.3. The molecule has 1 aromatic heterocycles. The van der Waals surface area contributed by atoms with E-state index in [2.05, 4.69) is 15.6 Å². The zero-order valence-electron chi connectivity index (χ0n) is 10.9. The number of para-hydroxylation sites is 1. The van der Waals surface area contributed by atoms with Gasteiger partial charge in [0.1, 0.15) is 5.52 Å². The van der Waals surface area contributed by atoms with Crippen LogP contribution in [-0.2, 0) is 0 Å². The number of urea groups is 1. The van der Waals surface area contributed by atoms with Crippen molar-refractivity contribution >= 4 is 28.5 Å². The molecule has 20 heavy (non-hydrogen) atoms. The minimum atomic E-state index is -0.299. The summed E-state index contributed by atoms with van der Waals surface area (Å²) in [5.74, 6) is 0.603. The molecule has 100 valence electrons. The number of rotatable bonds is 2. The molecule has 2 aromatic carbocycles. The highest BCUT2D eigenvalue weighted by atomic mass is 16.3. The van der Waals surface area contributed by atoms with Crippen LogP contribution >= 0.6 is 0 Å². The normalized spacial score (nSPS) is 10.4. The zero-order chi connectivity index (χ0) is 13.9. The summed E-state index contributed by atoms with van der Waals surface area (Å²) in [5.41, 5.74) is 2.82. The quantitative estimate of drug-likeness (QED) is 0.742. The first-order valence-electron chi connectivity index (χ1n) is 6.21. The van der Waals surface area contributed by atoms with Crippen LogP contribution in [0.2, 0.25) is 0 Å². The molecule has 0 saturated carbocycles. The lowest BCUT2D eigenvalue weighted by atomic mass is 10.3. The molecule has 0 atom stereocenters. The van der Waals surface area contributed by atoms with Crippen molar-refractivity contribution in [2.75, 3.05) is 10.6 Å². The van der Waals surface area contributed by atoms with Crippen LogP contribution in [0.4, 0.5) is 16.2 Å². The van der Waals surface area contributed by atoms with Gasteiger partial charge in [0, 0.05) is 24.4 Å². The Hall–Kier alpha value is -2.82. The van der Waals surface area contributed by atoms with Gasteiger partial charge in [-0.1, -0.05) is 18.2 Å². The Morgan fingerprint density at radius 2 is 1.80 bits per heavy atom. The van der Waals surface area contributed by atoms with Crippen molar-refractivity contribution in [3.05, 3.63) is 54.4 Å². The first-order valence-corrected chi connectivity index (χ1v) is 6.21. The van der Waals surface area contributed by atoms with Gasteiger partial charge in [0.25, 0.3) is 0 Å². The summed E-state index contributed by atoms with van der Waals surface area (Å²) in [6.07, 6.45) is 0. The van der Waals surface area contributed by atoms with Crippen LogP contribution < -0.4 is 10.6 Å². The molecule has 5 nitrogen and oxygen atoms in total. The number of nitrogens with one attached hydrogen (secondary N) is 2. The number of carbonyl (C=O) groups excluding carboxylic acids is 1. The number of oxazole rings is 1. The molecular weight excluding hydrogens is 254 g/mol. The molecule has 1 heterocycles. The van der Waals surface area contributed by atoms with E-state index in [1.54, 1.807) is 19.1 Å². The van der Waals surface area contributed by atoms with E-state index in [0.29, 0.717) is 17.2 Å². The largest absolute Gasteiger partial charge is 0.441 e. The van der Waals surface area contributed by atoms with E-state index in [9.17, 15) is 4.79 Å². The number of anilines is 2. The van der Waals surface area contributed by atoms with Gasteiger partial charge in [-0.2, -0.15) is 0 Å². The number of fused-ring (bicyclic) bond motifs is 1. The van der Waals surface area contributed by atoms with E-state index < -0.39 is 0 Å². The van der Waals surface area contributed by atoms with Crippen LogP contribution in [0, 0.1) is 6.92 Å². The minimum absolute atomic E-state index is 0.299. The number of nitrogens with zero attached hydrogens (tertiary/aromatic N) is 1. The molecule has 0 saturated heterocycles. The molecule has 0 bridgehead atoms. The Bertz CT molecular complexity index is 750. The third-order valence-electron chi connectivity index (χ3n) is 2.78. The molecule has 2 N–H and O–H groups in total. The van der Waals surface area contributed by atoms with E-state index >= 15 is 0 Å². The molecule has 3 rings (SSSR count). The van der Waals surface area contributed by atoms with Crippen molar-refractivity contribution in [3.8, 4) is 0 Å². The molecule has 0 aliphatic heterocycles. The topological polar surface area (TPSA) is 67.2 Å². The molecule has 0 radical (unpaired) electrons. The lowest BCUT2D eigenvalue weighted by Gasteiger charge is -2.07. The van der Waals surface area contributed by atoms with E-state index in [4.69, 9.17) is 4.42 Å². The fourth-order valence-corrected chi connectivity index (χ4v) is 1.93. The van der Waals surface area contributed by atoms with Crippen LogP contribution in [0.25, 0.3) is 11.1 Å². The van der Waals surface area contributed by atoms with Gasteiger partial charge in [-0.25, -0.2) is 9.78 Å². The van der Waals surface area contributed by atoms with Gasteiger partial charge < -0.3 is 15.1 Å². The molecule has 0 unspecified atom stereocenters. The fraction of sp³-hybridized carbons (Fsp3) is 0.0667. The summed E-state index contributed by atoms with van der Waals surface area (Å²) in [7, 11) is 0. The summed E-state index contributed by atoms with van der Waals surface area (Å²) < 4.78 is 5.43. The second kappa shape index (κ2) is 5.05. The molecular formula is C15H13N3O2. The Morgan fingerprint density at radius 3 is 2.60 bits per heavy atom. The predicted molar refractivity (Wildman–Crippen MR) is 77.8 cm³/mol. The van der Waals surface area contributed by atoms with E-state index in [-0.39, 0.29) is 6.03 Å². The Morgan fingerprint density at radius 1 is 1.05 bits per heavy atom. The van der Waals surface area contributed by atoms with Crippen molar-refractivity contribution in [1.82, 2.24) is 4.98 Å². The van der Waals surface area contributed by atoms with Crippen LogP contribution in [0.1, 0.15) is 5.89 Å². The fourth-order valence-electron chi connectivity index (χ4n) is 1.93. The summed E-state index contributed by atoms with van der Waals surface area (Å²) >= 11 is 0. The van der Waals surface area contributed by atoms with Gasteiger partial charge in [-0.15, -0.1) is 0 Å². The van der Waals surface area contributed by atoms with Crippen LogP contribution in [0.5, 0.6) is 0 Å². The second-order valence-corrected chi connectivity index (χ2v) is 4.36. The van der Waals surface area contributed by atoms with Crippen molar-refractivity contribution in [1.29, 1.82) is 0 Å². The maximum Gasteiger partial charge on any atom is 0.323 e. The van der Waals surface area contributed by atoms with E-state index in [0.717, 1.165) is 11.2 Å². The first kappa shape index (κ1) is 12.2. The first-order chi connectivity index (χ1) is 9.70. The van der Waals surface area contributed by atoms with E-state index in [1.807, 2.05) is 36.4 Å². The highest BCUT2D eigenvalue weighted by Gasteiger charge is 2.06. The Balaban J connectivity index is 1.74. The van der Waals surface area contributed by atoms with Gasteiger partial charge in [0.15, 0.2) is 11.5 Å². The van der Waals surface area contributed by atoms with Crippen molar-refractivity contribution in [3.63, 3.8) is 0 Å². The maximum absolute atomic E-state index is 11.9. The number of carbonyl (C=O) groups is 1. The Labute approximate surface area is 115 Å². The highest BCUT2D eigenvalue weighted by Crippen LogP contribution is 2.20. The number of amides is 2. The maximum atomic E-state index is 11.9. The van der Waals surface area contributed by atoms with Gasteiger partial charge in [-0.3, -0.25) is 0 Å². The summed E-state index contributed by atoms with van der Waals surface area (Å²) in [5, 5.41) is 5.50. The van der Waals surface area contributed by atoms with Gasteiger partial charge in [-0.05, 0) is 24.3 Å². The van der Waals surface area contributed by atoms with Gasteiger partial charge in [0.2, 0.25) is 0 Å². The number of hydrogen-bond acceptors (Lipinski definition) is 3. The van der Waals surface area contributed by atoms with Crippen molar-refractivity contribution in [2.24, 2.45) is 0 Å². The number of hydrogen-bond donors (Lipinski definition) is 2. The number of aryl methyl sites for hydroxylation is 1. The Kier molecular flexibility index (Phi) is 3.09. The summed E-state index contributed by atoms with van der Waals surface area (Å²) in [4.78, 5) is 16.1. The SMILES string of the molecule is Cc1nc2ccc(NC(=O)Nc3ccccc3)cc2o1. The molecule has 0 aliphatic carbocycles. The molecule has 3 aromatic rings. The van der Waals surface area contributed by atoms with Crippen LogP contribution in [0.15, 0.2) is 52.9 Å². The van der Waals surface area contributed by atoms with Crippen LogP contribution in [0.3, 0.4) is 0 Å². The molecule has 5 heteroatoms. The lowest BCUT2D eigenvalue weighted by Crippen LogP contribution is -2.19. The van der Waals surface area contributed by atoms with Crippen LogP contribution in [-0.4, -0.2) is 11.0 Å². The average Bonchev–Trinajstić information content (AvgIpc) is 2.79. The predicted octanol–water partition coefficient (Wildman–Crippen LogP) is 3.78. The lowest BCUT2D eigenvalue weighted by molar-refractivity contribution is 0.262. The third-order valence-corrected chi connectivity index (χ3v) is 2.78. The zero-order valence-corrected chi connectivity index (χ0v) is 10.9. The standard InChI is InChI=1S/C15H13N3O2/c1-10-16-13-8-7-12(9-14(13)20-10)18-15(19)17-11-5-3-2-4-6-11/h2-9H,1H3,(H2,17,18,19). The minimum Gasteiger partial charge on any atom is -0.441 e. The smallest absolute Gasteiger partial charge is 0.323 e. The van der Waals surface area contributed by atoms with Gasteiger partial charge >= 0.3 is 6.03 Å². The molecule has 2 amide bonds. The average molecular weight is 267 g/mol. The molecule has 0 aliphatic rings. The molecule has 0 fully saturated rings.